The van der Waals surface area contributed by atoms with Gasteiger partial charge in [-0.25, -0.2) is 9.97 Å². The molecule has 2 N–H and O–H groups in total. The van der Waals surface area contributed by atoms with Crippen molar-refractivity contribution in [2.45, 2.75) is 32.9 Å². The van der Waals surface area contributed by atoms with Crippen molar-refractivity contribution >= 4 is 17.5 Å². The first-order valence-electron chi connectivity index (χ1n) is 10.6. The van der Waals surface area contributed by atoms with Gasteiger partial charge >= 0.3 is 0 Å². The Labute approximate surface area is 181 Å². The van der Waals surface area contributed by atoms with Crippen LogP contribution < -0.4 is 10.6 Å². The van der Waals surface area contributed by atoms with Gasteiger partial charge in [0.05, 0.1) is 25.1 Å². The highest BCUT2D eigenvalue weighted by molar-refractivity contribution is 5.95. The molecular weight excluding hydrogens is 392 g/mol. The molecule has 9 heteroatoms. The van der Waals surface area contributed by atoms with Gasteiger partial charge in [-0.15, -0.1) is 5.10 Å². The summed E-state index contributed by atoms with van der Waals surface area (Å²) in [5, 5.41) is 8.56. The molecule has 0 aliphatic carbocycles. The van der Waals surface area contributed by atoms with Crippen molar-refractivity contribution in [1.29, 1.82) is 0 Å². The average molecular weight is 421 g/mol. The quantitative estimate of drug-likeness (QED) is 0.623. The Balaban J connectivity index is 1.33. The molecule has 0 spiro atoms. The first kappa shape index (κ1) is 20.8. The van der Waals surface area contributed by atoms with E-state index in [2.05, 4.69) is 27.2 Å². The number of nitrogens with zero attached hydrogens (tertiary/aromatic N) is 7. The van der Waals surface area contributed by atoms with Crippen molar-refractivity contribution in [2.75, 3.05) is 30.8 Å². The minimum atomic E-state index is 0.130. The summed E-state index contributed by atoms with van der Waals surface area (Å²) < 4.78 is 1.87. The van der Waals surface area contributed by atoms with Crippen LogP contribution in [-0.2, 0) is 19.5 Å². The number of carbonyl (C=O) groups is 1. The molecule has 1 aliphatic rings. The lowest BCUT2D eigenvalue weighted by Gasteiger charge is -2.18. The second-order valence-electron chi connectivity index (χ2n) is 8.00. The SMILES string of the molecule is CCc1ccccc1C(=O)N1CCC(Cn2cc(CN(C)c3cnc(N)cn3)nn2)C1. The number of amides is 1. The maximum atomic E-state index is 13.0. The van der Waals surface area contributed by atoms with E-state index in [1.165, 1.54) is 6.20 Å². The van der Waals surface area contributed by atoms with Crippen LogP contribution in [0.4, 0.5) is 11.6 Å². The molecule has 1 atom stereocenters. The molecule has 0 saturated carbocycles. The van der Waals surface area contributed by atoms with Gasteiger partial charge in [0.1, 0.15) is 17.3 Å². The highest BCUT2D eigenvalue weighted by atomic mass is 16.2. The lowest BCUT2D eigenvalue weighted by Crippen LogP contribution is -2.30. The Kier molecular flexibility index (Phi) is 6.11. The van der Waals surface area contributed by atoms with Crippen LogP contribution >= 0.6 is 0 Å². The number of hydrogen-bond donors (Lipinski definition) is 1. The summed E-state index contributed by atoms with van der Waals surface area (Å²) in [5.41, 5.74) is 8.37. The number of carbonyl (C=O) groups excluding carboxylic acids is 1. The van der Waals surface area contributed by atoms with Crippen molar-refractivity contribution in [3.05, 3.63) is 59.7 Å². The largest absolute Gasteiger partial charge is 0.382 e. The molecule has 3 aromatic rings. The molecule has 0 bridgehead atoms. The highest BCUT2D eigenvalue weighted by Gasteiger charge is 2.28. The van der Waals surface area contributed by atoms with Gasteiger partial charge in [0.15, 0.2) is 0 Å². The smallest absolute Gasteiger partial charge is 0.254 e. The zero-order chi connectivity index (χ0) is 21.8. The first-order chi connectivity index (χ1) is 15.0. The number of hydrogen-bond acceptors (Lipinski definition) is 7. The summed E-state index contributed by atoms with van der Waals surface area (Å²) in [7, 11) is 1.92. The molecule has 0 radical (unpaired) electrons. The number of rotatable bonds is 7. The fourth-order valence-corrected chi connectivity index (χ4v) is 3.99. The van der Waals surface area contributed by atoms with Crippen LogP contribution in [0.5, 0.6) is 0 Å². The Morgan fingerprint density at radius 3 is 2.87 bits per heavy atom. The molecule has 1 unspecified atom stereocenters. The molecular formula is C22H28N8O. The normalized spacial score (nSPS) is 15.9. The number of benzene rings is 1. The Morgan fingerprint density at radius 1 is 1.26 bits per heavy atom. The molecule has 2 aromatic heterocycles. The molecule has 162 valence electrons. The van der Waals surface area contributed by atoms with E-state index in [1.807, 2.05) is 52.0 Å². The Bertz CT molecular complexity index is 1030. The second kappa shape index (κ2) is 9.11. The highest BCUT2D eigenvalue weighted by Crippen LogP contribution is 2.22. The molecule has 1 aromatic carbocycles. The zero-order valence-corrected chi connectivity index (χ0v) is 18.0. The van der Waals surface area contributed by atoms with Crippen molar-refractivity contribution in [1.82, 2.24) is 29.9 Å². The topological polar surface area (TPSA) is 106 Å². The molecule has 1 aliphatic heterocycles. The van der Waals surface area contributed by atoms with Gasteiger partial charge in [-0.3, -0.25) is 9.48 Å². The molecule has 31 heavy (non-hydrogen) atoms. The predicted molar refractivity (Wildman–Crippen MR) is 118 cm³/mol. The summed E-state index contributed by atoms with van der Waals surface area (Å²) in [5.74, 6) is 1.62. The van der Waals surface area contributed by atoms with E-state index < -0.39 is 0 Å². The third-order valence-corrected chi connectivity index (χ3v) is 5.68. The van der Waals surface area contributed by atoms with E-state index in [1.54, 1.807) is 6.20 Å². The van der Waals surface area contributed by atoms with E-state index in [4.69, 9.17) is 5.73 Å². The standard InChI is InChI=1S/C22H28N8O/c1-3-17-6-4-5-7-19(17)22(31)29-9-8-16(12-29)13-30-15-18(26-27-30)14-28(2)21-11-24-20(23)10-25-21/h4-7,10-11,15-16H,3,8-9,12-14H2,1-2H3,(H2,23,24). The summed E-state index contributed by atoms with van der Waals surface area (Å²) in [6.45, 7) is 4.92. The lowest BCUT2D eigenvalue weighted by atomic mass is 10.0. The summed E-state index contributed by atoms with van der Waals surface area (Å²) in [6, 6.07) is 7.89. The lowest BCUT2D eigenvalue weighted by molar-refractivity contribution is 0.0784. The number of nitrogen functional groups attached to an aromatic ring is 1. The Morgan fingerprint density at radius 2 is 2.10 bits per heavy atom. The van der Waals surface area contributed by atoms with E-state index in [0.717, 1.165) is 55.1 Å². The van der Waals surface area contributed by atoms with Gasteiger partial charge in [-0.2, -0.15) is 0 Å². The number of likely N-dealkylation sites (tertiary alicyclic amines) is 1. The van der Waals surface area contributed by atoms with Gasteiger partial charge < -0.3 is 15.5 Å². The van der Waals surface area contributed by atoms with Gasteiger partial charge in [-0.1, -0.05) is 30.3 Å². The molecule has 1 amide bonds. The summed E-state index contributed by atoms with van der Waals surface area (Å²) in [6.07, 6.45) is 6.96. The van der Waals surface area contributed by atoms with E-state index in [-0.39, 0.29) is 5.91 Å². The van der Waals surface area contributed by atoms with Gasteiger partial charge in [0, 0.05) is 32.2 Å². The third-order valence-electron chi connectivity index (χ3n) is 5.68. The van der Waals surface area contributed by atoms with Crippen molar-refractivity contribution < 1.29 is 4.79 Å². The number of anilines is 2. The van der Waals surface area contributed by atoms with Crippen molar-refractivity contribution in [3.63, 3.8) is 0 Å². The van der Waals surface area contributed by atoms with Crippen LogP contribution in [0.25, 0.3) is 0 Å². The van der Waals surface area contributed by atoms with E-state index in [9.17, 15) is 4.79 Å². The summed E-state index contributed by atoms with van der Waals surface area (Å²) in [4.78, 5) is 25.2. The van der Waals surface area contributed by atoms with Crippen LogP contribution in [-0.4, -0.2) is 55.9 Å². The average Bonchev–Trinajstić information content (AvgIpc) is 3.43. The summed E-state index contributed by atoms with van der Waals surface area (Å²) >= 11 is 0. The minimum Gasteiger partial charge on any atom is -0.382 e. The molecule has 1 fully saturated rings. The second-order valence-corrected chi connectivity index (χ2v) is 8.00. The van der Waals surface area contributed by atoms with E-state index in [0.29, 0.717) is 18.3 Å². The van der Waals surface area contributed by atoms with Gasteiger partial charge in [0.2, 0.25) is 0 Å². The first-order valence-corrected chi connectivity index (χ1v) is 10.6. The molecule has 9 nitrogen and oxygen atoms in total. The minimum absolute atomic E-state index is 0.130. The van der Waals surface area contributed by atoms with E-state index >= 15 is 0 Å². The fourth-order valence-electron chi connectivity index (χ4n) is 3.99. The Hall–Kier alpha value is -3.49. The van der Waals surface area contributed by atoms with Crippen LogP contribution in [0.1, 0.15) is 35.0 Å². The van der Waals surface area contributed by atoms with Crippen LogP contribution in [0.15, 0.2) is 42.9 Å². The number of nitrogens with two attached hydrogens (primary N) is 1. The fraction of sp³-hybridized carbons (Fsp3) is 0.409. The number of aromatic nitrogens is 5. The van der Waals surface area contributed by atoms with Crippen LogP contribution in [0, 0.1) is 5.92 Å². The predicted octanol–water partition coefficient (Wildman–Crippen LogP) is 2.01. The zero-order valence-electron chi connectivity index (χ0n) is 18.0. The van der Waals surface area contributed by atoms with Crippen molar-refractivity contribution in [3.8, 4) is 0 Å². The van der Waals surface area contributed by atoms with Crippen molar-refractivity contribution in [2.24, 2.45) is 5.92 Å². The molecule has 1 saturated heterocycles. The maximum absolute atomic E-state index is 13.0. The third kappa shape index (κ3) is 4.82. The molecule has 4 rings (SSSR count). The maximum Gasteiger partial charge on any atom is 0.254 e. The van der Waals surface area contributed by atoms with Gasteiger partial charge in [-0.05, 0) is 30.4 Å². The van der Waals surface area contributed by atoms with Crippen LogP contribution in [0.3, 0.4) is 0 Å². The molecule has 3 heterocycles. The van der Waals surface area contributed by atoms with Gasteiger partial charge in [0.25, 0.3) is 5.91 Å². The monoisotopic (exact) mass is 420 g/mol. The number of aryl methyl sites for hydroxylation is 1. The van der Waals surface area contributed by atoms with Crippen LogP contribution in [0.2, 0.25) is 0 Å².